The number of hydrogen-bond acceptors (Lipinski definition) is 3. The fraction of sp³-hybridized carbons (Fsp3) is 0.500. The summed E-state index contributed by atoms with van der Waals surface area (Å²) < 4.78 is 31.2. The van der Waals surface area contributed by atoms with Crippen LogP contribution in [0.1, 0.15) is 13.3 Å². The van der Waals surface area contributed by atoms with E-state index in [9.17, 15) is 8.78 Å². The minimum atomic E-state index is -0.975. The lowest BCUT2D eigenvalue weighted by Crippen LogP contribution is -2.33. The van der Waals surface area contributed by atoms with E-state index in [-0.39, 0.29) is 25.0 Å². The van der Waals surface area contributed by atoms with E-state index in [1.807, 2.05) is 6.92 Å². The van der Waals surface area contributed by atoms with Crippen LogP contribution in [-0.4, -0.2) is 30.9 Å². The Bertz CT molecular complexity index is 347. The van der Waals surface area contributed by atoms with Gasteiger partial charge >= 0.3 is 0 Å². The SMILES string of the molecule is CCNC(CO)CCOc1cccc(F)c1F. The maximum atomic E-state index is 13.2. The van der Waals surface area contributed by atoms with Crippen molar-refractivity contribution in [1.82, 2.24) is 5.32 Å². The van der Waals surface area contributed by atoms with Crippen molar-refractivity contribution in [1.29, 1.82) is 0 Å². The Morgan fingerprint density at radius 1 is 1.41 bits per heavy atom. The van der Waals surface area contributed by atoms with Crippen LogP contribution in [0.3, 0.4) is 0 Å². The van der Waals surface area contributed by atoms with Gasteiger partial charge in [-0.1, -0.05) is 13.0 Å². The topological polar surface area (TPSA) is 41.5 Å². The highest BCUT2D eigenvalue weighted by atomic mass is 19.2. The lowest BCUT2D eigenvalue weighted by Gasteiger charge is -2.15. The van der Waals surface area contributed by atoms with Gasteiger partial charge in [0.1, 0.15) is 0 Å². The summed E-state index contributed by atoms with van der Waals surface area (Å²) in [4.78, 5) is 0. The van der Waals surface area contributed by atoms with Crippen LogP contribution in [-0.2, 0) is 0 Å². The van der Waals surface area contributed by atoms with Crippen LogP contribution in [0.15, 0.2) is 18.2 Å². The first-order valence-electron chi connectivity index (χ1n) is 5.60. The number of aliphatic hydroxyl groups excluding tert-OH is 1. The molecule has 0 saturated heterocycles. The summed E-state index contributed by atoms with van der Waals surface area (Å²) >= 11 is 0. The number of benzene rings is 1. The molecule has 0 spiro atoms. The van der Waals surface area contributed by atoms with E-state index in [0.717, 1.165) is 12.6 Å². The molecule has 0 aromatic heterocycles. The fourth-order valence-electron chi connectivity index (χ4n) is 1.45. The molecular weight excluding hydrogens is 228 g/mol. The van der Waals surface area contributed by atoms with Gasteiger partial charge in [0, 0.05) is 6.04 Å². The minimum Gasteiger partial charge on any atom is -0.490 e. The van der Waals surface area contributed by atoms with Crippen molar-refractivity contribution in [2.45, 2.75) is 19.4 Å². The molecule has 1 atom stereocenters. The molecule has 0 fully saturated rings. The van der Waals surface area contributed by atoms with E-state index in [1.54, 1.807) is 0 Å². The van der Waals surface area contributed by atoms with Crippen LogP contribution in [0.5, 0.6) is 5.75 Å². The van der Waals surface area contributed by atoms with Crippen molar-refractivity contribution in [2.24, 2.45) is 0 Å². The molecule has 0 heterocycles. The number of rotatable bonds is 7. The molecule has 0 amide bonds. The van der Waals surface area contributed by atoms with Crippen LogP contribution in [0, 0.1) is 11.6 Å². The van der Waals surface area contributed by atoms with E-state index >= 15 is 0 Å². The second kappa shape index (κ2) is 7.19. The lowest BCUT2D eigenvalue weighted by atomic mass is 10.2. The zero-order valence-electron chi connectivity index (χ0n) is 9.75. The number of halogens is 2. The van der Waals surface area contributed by atoms with Crippen LogP contribution in [0.4, 0.5) is 8.78 Å². The first kappa shape index (κ1) is 13.9. The summed E-state index contributed by atoms with van der Waals surface area (Å²) in [5.74, 6) is -2.00. The highest BCUT2D eigenvalue weighted by molar-refractivity contribution is 5.24. The zero-order valence-corrected chi connectivity index (χ0v) is 9.75. The standard InChI is InChI=1S/C12H17F2NO2/c1-2-15-9(8-16)6-7-17-11-5-3-4-10(13)12(11)14/h3-5,9,15-16H,2,6-8H2,1H3. The lowest BCUT2D eigenvalue weighted by molar-refractivity contribution is 0.206. The summed E-state index contributed by atoms with van der Waals surface area (Å²) in [6.07, 6.45) is 0.528. The molecule has 0 bridgehead atoms. The molecule has 3 nitrogen and oxygen atoms in total. The molecule has 5 heteroatoms. The maximum Gasteiger partial charge on any atom is 0.200 e. The molecule has 0 aliphatic carbocycles. The molecule has 1 unspecified atom stereocenters. The minimum absolute atomic E-state index is 0.0111. The quantitative estimate of drug-likeness (QED) is 0.768. The molecule has 0 aliphatic rings. The predicted octanol–water partition coefficient (Wildman–Crippen LogP) is 1.70. The Hall–Kier alpha value is -1.20. The third-order valence-electron chi connectivity index (χ3n) is 2.35. The molecule has 0 aliphatic heterocycles. The van der Waals surface area contributed by atoms with Crippen molar-refractivity contribution in [3.63, 3.8) is 0 Å². The van der Waals surface area contributed by atoms with Crippen molar-refractivity contribution in [2.75, 3.05) is 19.8 Å². The Labute approximate surface area is 99.4 Å². The number of aliphatic hydroxyl groups is 1. The van der Waals surface area contributed by atoms with Crippen LogP contribution >= 0.6 is 0 Å². The number of nitrogens with one attached hydrogen (secondary N) is 1. The summed E-state index contributed by atoms with van der Waals surface area (Å²) in [5.41, 5.74) is 0. The normalized spacial score (nSPS) is 12.5. The van der Waals surface area contributed by atoms with Gasteiger partial charge in [0.2, 0.25) is 5.82 Å². The van der Waals surface area contributed by atoms with Gasteiger partial charge in [-0.2, -0.15) is 4.39 Å². The zero-order chi connectivity index (χ0) is 12.7. The molecule has 17 heavy (non-hydrogen) atoms. The Balaban J connectivity index is 2.42. The average molecular weight is 245 g/mol. The molecule has 0 saturated carbocycles. The Kier molecular flexibility index (Phi) is 5.86. The molecule has 2 N–H and O–H groups in total. The van der Waals surface area contributed by atoms with Gasteiger partial charge in [-0.25, -0.2) is 4.39 Å². The van der Waals surface area contributed by atoms with Gasteiger partial charge in [-0.05, 0) is 25.1 Å². The first-order chi connectivity index (χ1) is 8.19. The van der Waals surface area contributed by atoms with Crippen molar-refractivity contribution in [3.05, 3.63) is 29.8 Å². The van der Waals surface area contributed by atoms with Crippen LogP contribution < -0.4 is 10.1 Å². The maximum absolute atomic E-state index is 13.2. The molecule has 96 valence electrons. The van der Waals surface area contributed by atoms with E-state index < -0.39 is 11.6 Å². The third kappa shape index (κ3) is 4.28. The largest absolute Gasteiger partial charge is 0.490 e. The molecule has 1 aromatic carbocycles. The van der Waals surface area contributed by atoms with E-state index in [4.69, 9.17) is 9.84 Å². The van der Waals surface area contributed by atoms with Crippen molar-refractivity contribution >= 4 is 0 Å². The van der Waals surface area contributed by atoms with Crippen LogP contribution in [0.2, 0.25) is 0 Å². The molecular formula is C12H17F2NO2. The Morgan fingerprint density at radius 2 is 2.18 bits per heavy atom. The highest BCUT2D eigenvalue weighted by Gasteiger charge is 2.10. The van der Waals surface area contributed by atoms with Gasteiger partial charge < -0.3 is 15.2 Å². The second-order valence-corrected chi connectivity index (χ2v) is 3.63. The van der Waals surface area contributed by atoms with Gasteiger partial charge in [-0.3, -0.25) is 0 Å². The average Bonchev–Trinajstić information content (AvgIpc) is 2.33. The van der Waals surface area contributed by atoms with E-state index in [1.165, 1.54) is 12.1 Å². The summed E-state index contributed by atoms with van der Waals surface area (Å²) in [6, 6.07) is 3.72. The molecule has 1 aromatic rings. The van der Waals surface area contributed by atoms with Gasteiger partial charge in [0.05, 0.1) is 13.2 Å². The van der Waals surface area contributed by atoms with Crippen LogP contribution in [0.25, 0.3) is 0 Å². The predicted molar refractivity (Wildman–Crippen MR) is 61.0 cm³/mol. The van der Waals surface area contributed by atoms with Crippen molar-refractivity contribution < 1.29 is 18.6 Å². The third-order valence-corrected chi connectivity index (χ3v) is 2.35. The van der Waals surface area contributed by atoms with Gasteiger partial charge in [0.15, 0.2) is 11.6 Å². The first-order valence-corrected chi connectivity index (χ1v) is 5.60. The molecule has 0 radical (unpaired) electrons. The number of likely N-dealkylation sites (N-methyl/N-ethyl adjacent to an activating group) is 1. The molecule has 1 rings (SSSR count). The summed E-state index contributed by atoms with van der Waals surface area (Å²) in [7, 11) is 0. The summed E-state index contributed by atoms with van der Waals surface area (Å²) in [5, 5.41) is 12.0. The van der Waals surface area contributed by atoms with E-state index in [0.29, 0.717) is 6.42 Å². The fourth-order valence-corrected chi connectivity index (χ4v) is 1.45. The second-order valence-electron chi connectivity index (χ2n) is 3.63. The number of ether oxygens (including phenoxy) is 1. The van der Waals surface area contributed by atoms with Gasteiger partial charge in [-0.15, -0.1) is 0 Å². The van der Waals surface area contributed by atoms with E-state index in [2.05, 4.69) is 5.32 Å². The number of hydrogen-bond donors (Lipinski definition) is 2. The highest BCUT2D eigenvalue weighted by Crippen LogP contribution is 2.19. The summed E-state index contributed by atoms with van der Waals surface area (Å²) in [6.45, 7) is 2.87. The van der Waals surface area contributed by atoms with Crippen molar-refractivity contribution in [3.8, 4) is 5.75 Å². The van der Waals surface area contributed by atoms with Gasteiger partial charge in [0.25, 0.3) is 0 Å². The smallest absolute Gasteiger partial charge is 0.200 e. The Morgan fingerprint density at radius 3 is 2.82 bits per heavy atom. The monoisotopic (exact) mass is 245 g/mol.